The van der Waals surface area contributed by atoms with Crippen molar-refractivity contribution in [3.8, 4) is 0 Å². The van der Waals surface area contributed by atoms with Gasteiger partial charge >= 0.3 is 0 Å². The number of hydrogen-bond donors (Lipinski definition) is 1. The van der Waals surface area contributed by atoms with E-state index >= 15 is 0 Å². The van der Waals surface area contributed by atoms with Gasteiger partial charge < -0.3 is 15.4 Å². The van der Waals surface area contributed by atoms with Gasteiger partial charge in [0.25, 0.3) is 0 Å². The van der Waals surface area contributed by atoms with Crippen molar-refractivity contribution in [2.24, 2.45) is 10.7 Å². The van der Waals surface area contributed by atoms with Crippen LogP contribution in [0.15, 0.2) is 29.3 Å². The van der Waals surface area contributed by atoms with E-state index in [1.165, 1.54) is 11.1 Å². The largest absolute Gasteiger partial charge is 0.378 e. The number of nitrogens with two attached hydrogens (primary N) is 1. The molecule has 1 aromatic carbocycles. The summed E-state index contributed by atoms with van der Waals surface area (Å²) >= 11 is 0. The summed E-state index contributed by atoms with van der Waals surface area (Å²) < 4.78 is 5.36. The van der Waals surface area contributed by atoms with E-state index in [2.05, 4.69) is 52.9 Å². The standard InChI is InChI=1S/C18H28N4O.HI/c1-18(2,14-20-17(19)21-9-11-23-12-10-21)22-8-7-15-5-3-4-6-16(15)13-22;/h3-6H,7-14H2,1-2H3,(H2,19,20);1H. The van der Waals surface area contributed by atoms with Gasteiger partial charge in [-0.15, -0.1) is 24.0 Å². The molecule has 6 heteroatoms. The Morgan fingerprint density at radius 2 is 1.83 bits per heavy atom. The van der Waals surface area contributed by atoms with Crippen molar-refractivity contribution in [3.05, 3.63) is 35.4 Å². The van der Waals surface area contributed by atoms with Crippen LogP contribution in [0.4, 0.5) is 0 Å². The van der Waals surface area contributed by atoms with Crippen LogP contribution in [-0.2, 0) is 17.7 Å². The highest BCUT2D eigenvalue weighted by atomic mass is 127. The molecule has 2 aliphatic rings. The average Bonchev–Trinajstić information content (AvgIpc) is 2.60. The molecular weight excluding hydrogens is 415 g/mol. The zero-order valence-electron chi connectivity index (χ0n) is 14.7. The normalized spacial score (nSPS) is 19.6. The van der Waals surface area contributed by atoms with Gasteiger partial charge in [0.2, 0.25) is 0 Å². The zero-order valence-corrected chi connectivity index (χ0v) is 17.0. The molecule has 2 aliphatic heterocycles. The van der Waals surface area contributed by atoms with Crippen LogP contribution in [0.2, 0.25) is 0 Å². The maximum Gasteiger partial charge on any atom is 0.191 e. The molecule has 3 rings (SSSR count). The Morgan fingerprint density at radius 3 is 2.54 bits per heavy atom. The molecule has 0 bridgehead atoms. The first-order valence-corrected chi connectivity index (χ1v) is 8.51. The summed E-state index contributed by atoms with van der Waals surface area (Å²) in [5, 5.41) is 0. The third-order valence-corrected chi connectivity index (χ3v) is 4.95. The number of benzene rings is 1. The van der Waals surface area contributed by atoms with Crippen molar-refractivity contribution >= 4 is 29.9 Å². The van der Waals surface area contributed by atoms with Gasteiger partial charge in [-0.1, -0.05) is 24.3 Å². The monoisotopic (exact) mass is 444 g/mol. The van der Waals surface area contributed by atoms with E-state index < -0.39 is 0 Å². The van der Waals surface area contributed by atoms with Crippen LogP contribution in [0.25, 0.3) is 0 Å². The van der Waals surface area contributed by atoms with E-state index in [9.17, 15) is 0 Å². The second-order valence-electron chi connectivity index (χ2n) is 7.03. The lowest BCUT2D eigenvalue weighted by Crippen LogP contribution is -2.50. The number of guanidine groups is 1. The molecule has 5 nitrogen and oxygen atoms in total. The van der Waals surface area contributed by atoms with E-state index in [4.69, 9.17) is 10.5 Å². The zero-order chi connectivity index (χ0) is 16.3. The highest BCUT2D eigenvalue weighted by Gasteiger charge is 2.29. The molecule has 24 heavy (non-hydrogen) atoms. The van der Waals surface area contributed by atoms with Gasteiger partial charge in [-0.05, 0) is 31.4 Å². The molecule has 0 radical (unpaired) electrons. The average molecular weight is 444 g/mol. The molecule has 2 N–H and O–H groups in total. The minimum atomic E-state index is 0. The Hall–Kier alpha value is -0.860. The smallest absolute Gasteiger partial charge is 0.191 e. The van der Waals surface area contributed by atoms with Crippen LogP contribution < -0.4 is 5.73 Å². The Morgan fingerprint density at radius 1 is 1.17 bits per heavy atom. The molecule has 1 aromatic rings. The molecule has 0 spiro atoms. The van der Waals surface area contributed by atoms with Crippen molar-refractivity contribution in [3.63, 3.8) is 0 Å². The van der Waals surface area contributed by atoms with Crippen LogP contribution in [-0.4, -0.2) is 60.7 Å². The SMILES string of the molecule is CC(C)(CN=C(N)N1CCOCC1)N1CCc2ccccc2C1.I. The molecule has 1 saturated heterocycles. The van der Waals surface area contributed by atoms with Crippen molar-refractivity contribution in [1.82, 2.24) is 9.80 Å². The lowest BCUT2D eigenvalue weighted by Gasteiger charge is -2.41. The number of aliphatic imine (C=N–C) groups is 1. The van der Waals surface area contributed by atoms with Crippen molar-refractivity contribution in [2.45, 2.75) is 32.4 Å². The van der Waals surface area contributed by atoms with Crippen molar-refractivity contribution in [2.75, 3.05) is 39.4 Å². The fourth-order valence-corrected chi connectivity index (χ4v) is 3.28. The van der Waals surface area contributed by atoms with E-state index in [1.807, 2.05) is 0 Å². The Bertz CT molecular complexity index is 570. The lowest BCUT2D eigenvalue weighted by molar-refractivity contribution is 0.0669. The van der Waals surface area contributed by atoms with Gasteiger partial charge in [-0.3, -0.25) is 9.89 Å². The summed E-state index contributed by atoms with van der Waals surface area (Å²) in [5.74, 6) is 0.652. The maximum atomic E-state index is 6.16. The highest BCUT2D eigenvalue weighted by molar-refractivity contribution is 14.0. The molecule has 2 heterocycles. The Labute approximate surface area is 162 Å². The van der Waals surface area contributed by atoms with Gasteiger partial charge in [-0.25, -0.2) is 0 Å². The number of nitrogens with zero attached hydrogens (tertiary/aromatic N) is 3. The Kier molecular flexibility index (Phi) is 6.88. The first-order chi connectivity index (χ1) is 11.1. The summed E-state index contributed by atoms with van der Waals surface area (Å²) in [6.45, 7) is 10.5. The number of morpholine rings is 1. The van der Waals surface area contributed by atoms with E-state index in [0.29, 0.717) is 5.96 Å². The van der Waals surface area contributed by atoms with E-state index in [1.54, 1.807) is 0 Å². The second kappa shape index (κ2) is 8.49. The molecule has 0 atom stereocenters. The number of rotatable bonds is 3. The molecule has 0 amide bonds. The molecule has 0 saturated carbocycles. The highest BCUT2D eigenvalue weighted by Crippen LogP contribution is 2.25. The van der Waals surface area contributed by atoms with Gasteiger partial charge in [-0.2, -0.15) is 0 Å². The van der Waals surface area contributed by atoms with Crippen LogP contribution in [0.1, 0.15) is 25.0 Å². The molecular formula is C18H29IN4O. The van der Waals surface area contributed by atoms with Crippen LogP contribution in [0, 0.1) is 0 Å². The van der Waals surface area contributed by atoms with Crippen LogP contribution in [0.5, 0.6) is 0 Å². The number of halogens is 1. The van der Waals surface area contributed by atoms with Crippen LogP contribution in [0.3, 0.4) is 0 Å². The number of fused-ring (bicyclic) bond motifs is 1. The summed E-state index contributed by atoms with van der Waals surface area (Å²) in [4.78, 5) is 9.31. The van der Waals surface area contributed by atoms with Crippen LogP contribution >= 0.6 is 24.0 Å². The van der Waals surface area contributed by atoms with Gasteiger partial charge in [0.05, 0.1) is 19.8 Å². The first kappa shape index (κ1) is 19.5. The minimum absolute atomic E-state index is 0. The first-order valence-electron chi connectivity index (χ1n) is 8.51. The molecule has 134 valence electrons. The van der Waals surface area contributed by atoms with E-state index in [-0.39, 0.29) is 29.5 Å². The Balaban J connectivity index is 0.00000208. The summed E-state index contributed by atoms with van der Waals surface area (Å²) in [5.41, 5.74) is 9.09. The van der Waals surface area contributed by atoms with Crippen molar-refractivity contribution in [1.29, 1.82) is 0 Å². The summed E-state index contributed by atoms with van der Waals surface area (Å²) in [7, 11) is 0. The number of hydrogen-bond acceptors (Lipinski definition) is 3. The quantitative estimate of drug-likeness (QED) is 0.441. The molecule has 0 unspecified atom stereocenters. The lowest BCUT2D eigenvalue weighted by atomic mass is 9.94. The molecule has 1 fully saturated rings. The van der Waals surface area contributed by atoms with Gasteiger partial charge in [0.1, 0.15) is 0 Å². The molecule has 0 aromatic heterocycles. The third-order valence-electron chi connectivity index (χ3n) is 4.95. The topological polar surface area (TPSA) is 54.1 Å². The predicted molar refractivity (Wildman–Crippen MR) is 109 cm³/mol. The predicted octanol–water partition coefficient (Wildman–Crippen LogP) is 2.09. The van der Waals surface area contributed by atoms with Crippen molar-refractivity contribution < 1.29 is 4.74 Å². The fraction of sp³-hybridized carbons (Fsp3) is 0.611. The third kappa shape index (κ3) is 4.61. The summed E-state index contributed by atoms with van der Waals surface area (Å²) in [6, 6.07) is 8.74. The van der Waals surface area contributed by atoms with Gasteiger partial charge in [0, 0.05) is 31.7 Å². The molecule has 0 aliphatic carbocycles. The summed E-state index contributed by atoms with van der Waals surface area (Å²) in [6.07, 6.45) is 1.11. The minimum Gasteiger partial charge on any atom is -0.378 e. The fourth-order valence-electron chi connectivity index (χ4n) is 3.28. The second-order valence-corrected chi connectivity index (χ2v) is 7.03. The van der Waals surface area contributed by atoms with Gasteiger partial charge in [0.15, 0.2) is 5.96 Å². The number of ether oxygens (including phenoxy) is 1. The maximum absolute atomic E-state index is 6.16. The van der Waals surface area contributed by atoms with E-state index in [0.717, 1.165) is 52.4 Å².